The van der Waals surface area contributed by atoms with Crippen LogP contribution in [0.1, 0.15) is 55.9 Å². The molecule has 0 aromatic heterocycles. The third-order valence-corrected chi connectivity index (χ3v) is 8.03. The van der Waals surface area contributed by atoms with Crippen LogP contribution < -0.4 is 10.1 Å². The number of alkyl carbamates (subject to hydrolysis) is 1. The van der Waals surface area contributed by atoms with Crippen LogP contribution in [0.4, 0.5) is 4.79 Å². The van der Waals surface area contributed by atoms with Crippen LogP contribution in [0.5, 0.6) is 5.75 Å². The Bertz CT molecular complexity index is 1450. The summed E-state index contributed by atoms with van der Waals surface area (Å²) in [6, 6.07) is 23.9. The standard InChI is InChI=1S/C32H33BN2O5/c1-31(2)32(3,4)40-33(39-31)23(17-21-14-15-29(37-5)22(16-21)18-34)19-35-30(36)38-20-28-26-12-8-6-10-24(26)25-11-7-9-13-27(25)28/h6-17,28H,19-20H2,1-5H3,(H,35,36). The number of fused-ring (bicyclic) bond motifs is 3. The largest absolute Gasteiger partial charge is 0.495 e. The summed E-state index contributed by atoms with van der Waals surface area (Å²) < 4.78 is 23.6. The second-order valence-corrected chi connectivity index (χ2v) is 11.1. The van der Waals surface area contributed by atoms with Gasteiger partial charge >= 0.3 is 13.2 Å². The molecule has 0 unspecified atom stereocenters. The Kier molecular flexibility index (Phi) is 7.46. The van der Waals surface area contributed by atoms with Gasteiger partial charge in [-0.25, -0.2) is 4.79 Å². The van der Waals surface area contributed by atoms with E-state index in [9.17, 15) is 10.1 Å². The Balaban J connectivity index is 1.32. The van der Waals surface area contributed by atoms with Crippen LogP contribution >= 0.6 is 0 Å². The number of hydrogen-bond acceptors (Lipinski definition) is 6. The first-order valence-electron chi connectivity index (χ1n) is 13.4. The van der Waals surface area contributed by atoms with Crippen molar-refractivity contribution in [2.75, 3.05) is 20.3 Å². The topological polar surface area (TPSA) is 89.8 Å². The molecule has 3 aromatic rings. The minimum Gasteiger partial charge on any atom is -0.495 e. The number of nitrogens with one attached hydrogen (secondary N) is 1. The number of benzene rings is 3. The molecule has 5 rings (SSSR count). The molecule has 0 bridgehead atoms. The zero-order valence-corrected chi connectivity index (χ0v) is 23.5. The van der Waals surface area contributed by atoms with Gasteiger partial charge in [0, 0.05) is 12.5 Å². The van der Waals surface area contributed by atoms with Gasteiger partial charge in [0.1, 0.15) is 18.4 Å². The van der Waals surface area contributed by atoms with E-state index in [1.165, 1.54) is 18.2 Å². The molecule has 1 saturated heterocycles. The molecule has 7 nitrogen and oxygen atoms in total. The van der Waals surface area contributed by atoms with E-state index >= 15 is 0 Å². The molecule has 0 atom stereocenters. The number of nitriles is 1. The first-order chi connectivity index (χ1) is 19.1. The van der Waals surface area contributed by atoms with Gasteiger partial charge in [0.25, 0.3) is 0 Å². The molecule has 1 fully saturated rings. The quantitative estimate of drug-likeness (QED) is 0.366. The van der Waals surface area contributed by atoms with Gasteiger partial charge < -0.3 is 24.1 Å². The maximum atomic E-state index is 12.9. The molecule has 1 N–H and O–H groups in total. The zero-order valence-electron chi connectivity index (χ0n) is 23.5. The lowest BCUT2D eigenvalue weighted by molar-refractivity contribution is 0.00578. The molecule has 204 valence electrons. The maximum absolute atomic E-state index is 12.9. The molecule has 40 heavy (non-hydrogen) atoms. The first kappa shape index (κ1) is 27.5. The lowest BCUT2D eigenvalue weighted by atomic mass is 9.77. The van der Waals surface area contributed by atoms with Crippen LogP contribution in [-0.4, -0.2) is 44.7 Å². The minimum absolute atomic E-state index is 0.0278. The van der Waals surface area contributed by atoms with Gasteiger partial charge in [-0.05, 0) is 73.1 Å². The van der Waals surface area contributed by atoms with E-state index < -0.39 is 24.4 Å². The minimum atomic E-state index is -0.688. The second kappa shape index (κ2) is 10.8. The molecule has 1 heterocycles. The highest BCUT2D eigenvalue weighted by Crippen LogP contribution is 2.44. The van der Waals surface area contributed by atoms with E-state index in [4.69, 9.17) is 18.8 Å². The van der Waals surface area contributed by atoms with Gasteiger partial charge in [-0.1, -0.05) is 60.7 Å². The highest BCUT2D eigenvalue weighted by Gasteiger charge is 2.52. The molecular weight excluding hydrogens is 503 g/mol. The van der Waals surface area contributed by atoms with Crippen LogP contribution in [0.25, 0.3) is 17.2 Å². The fourth-order valence-corrected chi connectivity index (χ4v) is 5.14. The molecule has 3 aromatic carbocycles. The summed E-state index contributed by atoms with van der Waals surface area (Å²) in [4.78, 5) is 12.9. The number of methoxy groups -OCH3 is 1. The Hall–Kier alpha value is -4.06. The second-order valence-electron chi connectivity index (χ2n) is 11.1. The number of carbonyl (C=O) groups is 1. The van der Waals surface area contributed by atoms with Crippen molar-refractivity contribution >= 4 is 19.3 Å². The summed E-state index contributed by atoms with van der Waals surface area (Å²) in [6.45, 7) is 8.27. The third kappa shape index (κ3) is 5.23. The summed E-state index contributed by atoms with van der Waals surface area (Å²) in [6.07, 6.45) is 1.34. The Morgan fingerprint density at radius 3 is 2.17 bits per heavy atom. The van der Waals surface area contributed by atoms with Gasteiger partial charge in [-0.15, -0.1) is 0 Å². The predicted molar refractivity (Wildman–Crippen MR) is 155 cm³/mol. The monoisotopic (exact) mass is 536 g/mol. The number of hydrogen-bond donors (Lipinski definition) is 1. The van der Waals surface area contributed by atoms with Crippen LogP contribution in [0.15, 0.2) is 72.2 Å². The van der Waals surface area contributed by atoms with Crippen LogP contribution in [-0.2, 0) is 14.0 Å². The van der Waals surface area contributed by atoms with Crippen molar-refractivity contribution in [3.05, 3.63) is 94.5 Å². The highest BCUT2D eigenvalue weighted by molar-refractivity contribution is 6.56. The van der Waals surface area contributed by atoms with Gasteiger partial charge in [0.2, 0.25) is 0 Å². The van der Waals surface area contributed by atoms with E-state index in [0.717, 1.165) is 16.7 Å². The highest BCUT2D eigenvalue weighted by atomic mass is 16.7. The lowest BCUT2D eigenvalue weighted by Crippen LogP contribution is -2.41. The van der Waals surface area contributed by atoms with Crippen molar-refractivity contribution in [1.82, 2.24) is 5.32 Å². The number of nitrogens with zero attached hydrogens (tertiary/aromatic N) is 1. The van der Waals surface area contributed by atoms with Crippen molar-refractivity contribution in [2.45, 2.75) is 44.8 Å². The van der Waals surface area contributed by atoms with E-state index in [2.05, 4.69) is 35.7 Å². The Labute approximate surface area is 235 Å². The van der Waals surface area contributed by atoms with Crippen molar-refractivity contribution in [1.29, 1.82) is 5.26 Å². The molecule has 1 aliphatic carbocycles. The summed E-state index contributed by atoms with van der Waals surface area (Å²) >= 11 is 0. The van der Waals surface area contributed by atoms with Crippen LogP contribution in [0.2, 0.25) is 0 Å². The molecule has 1 amide bonds. The Morgan fingerprint density at radius 1 is 1.00 bits per heavy atom. The molecule has 0 radical (unpaired) electrons. The lowest BCUT2D eigenvalue weighted by Gasteiger charge is -2.32. The summed E-state index contributed by atoms with van der Waals surface area (Å²) in [7, 11) is 0.839. The molecule has 0 saturated carbocycles. The fourth-order valence-electron chi connectivity index (χ4n) is 5.14. The van der Waals surface area contributed by atoms with Crippen molar-refractivity contribution in [3.63, 3.8) is 0 Å². The SMILES string of the molecule is COc1ccc(C=C(CNC(=O)OCC2c3ccccc3-c3ccccc32)B2OC(C)(C)C(C)(C)O2)cc1C#N. The molecular formula is C32H33BN2O5. The molecule has 0 spiro atoms. The molecule has 1 aliphatic heterocycles. The number of rotatable bonds is 7. The third-order valence-electron chi connectivity index (χ3n) is 8.03. The summed E-state index contributed by atoms with van der Waals surface area (Å²) in [5, 5.41) is 12.4. The first-order valence-corrected chi connectivity index (χ1v) is 13.4. The average Bonchev–Trinajstić information content (AvgIpc) is 3.38. The Morgan fingerprint density at radius 2 is 1.60 bits per heavy atom. The average molecular weight is 536 g/mol. The normalized spacial score (nSPS) is 17.1. The summed E-state index contributed by atoms with van der Waals surface area (Å²) in [5.74, 6) is 0.466. The van der Waals surface area contributed by atoms with E-state index in [1.807, 2.05) is 64.1 Å². The fraction of sp³-hybridized carbons (Fsp3) is 0.312. The van der Waals surface area contributed by atoms with Crippen molar-refractivity contribution in [3.8, 4) is 22.9 Å². The van der Waals surface area contributed by atoms with Crippen LogP contribution in [0, 0.1) is 11.3 Å². The zero-order chi connectivity index (χ0) is 28.5. The maximum Gasteiger partial charge on any atom is 0.492 e. The van der Waals surface area contributed by atoms with E-state index in [1.54, 1.807) is 12.1 Å². The number of amides is 1. The van der Waals surface area contributed by atoms with Crippen molar-refractivity contribution in [2.24, 2.45) is 0 Å². The van der Waals surface area contributed by atoms with Gasteiger partial charge in [-0.3, -0.25) is 0 Å². The van der Waals surface area contributed by atoms with Crippen LogP contribution in [0.3, 0.4) is 0 Å². The smallest absolute Gasteiger partial charge is 0.492 e. The van der Waals surface area contributed by atoms with E-state index in [0.29, 0.717) is 16.8 Å². The van der Waals surface area contributed by atoms with Gasteiger partial charge in [0.15, 0.2) is 0 Å². The number of carbonyl (C=O) groups excluding carboxylic acids is 1. The predicted octanol–water partition coefficient (Wildman–Crippen LogP) is 6.12. The van der Waals surface area contributed by atoms with E-state index in [-0.39, 0.29) is 19.1 Å². The number of ether oxygens (including phenoxy) is 2. The van der Waals surface area contributed by atoms with Gasteiger partial charge in [-0.2, -0.15) is 5.26 Å². The molecule has 2 aliphatic rings. The summed E-state index contributed by atoms with van der Waals surface area (Å²) in [5.41, 5.74) is 5.41. The van der Waals surface area contributed by atoms with Crippen molar-refractivity contribution < 1.29 is 23.6 Å². The van der Waals surface area contributed by atoms with Gasteiger partial charge in [0.05, 0.1) is 23.9 Å². The molecule has 8 heteroatoms.